The zero-order valence-electron chi connectivity index (χ0n) is 10.6. The lowest BCUT2D eigenvalue weighted by atomic mass is 10.2. The molecule has 0 aliphatic carbocycles. The zero-order valence-corrected chi connectivity index (χ0v) is 10.6. The van der Waals surface area contributed by atoms with Crippen molar-refractivity contribution in [2.45, 2.75) is 26.4 Å². The Morgan fingerprint density at radius 2 is 2.26 bits per heavy atom. The van der Waals surface area contributed by atoms with Crippen LogP contribution in [-0.2, 0) is 0 Å². The van der Waals surface area contributed by atoms with E-state index < -0.39 is 11.0 Å². The SMILES string of the molecule is CCC(O)c1cn(-c2ccc(C)c([N+](=O)[O-])c2)nn1. The van der Waals surface area contributed by atoms with E-state index in [1.807, 2.05) is 6.92 Å². The van der Waals surface area contributed by atoms with Gasteiger partial charge in [-0.1, -0.05) is 18.2 Å². The van der Waals surface area contributed by atoms with Crippen molar-refractivity contribution in [2.75, 3.05) is 0 Å². The summed E-state index contributed by atoms with van der Waals surface area (Å²) in [7, 11) is 0. The molecule has 1 aromatic carbocycles. The van der Waals surface area contributed by atoms with Crippen LogP contribution in [-0.4, -0.2) is 25.0 Å². The van der Waals surface area contributed by atoms with E-state index in [9.17, 15) is 15.2 Å². The summed E-state index contributed by atoms with van der Waals surface area (Å²) >= 11 is 0. The van der Waals surface area contributed by atoms with Crippen molar-refractivity contribution < 1.29 is 10.0 Å². The Kier molecular flexibility index (Phi) is 3.57. The third-order valence-electron chi connectivity index (χ3n) is 2.89. The quantitative estimate of drug-likeness (QED) is 0.671. The average molecular weight is 262 g/mol. The summed E-state index contributed by atoms with van der Waals surface area (Å²) in [5, 5.41) is 28.3. The molecule has 0 fully saturated rings. The highest BCUT2D eigenvalue weighted by molar-refractivity contribution is 5.48. The molecule has 1 atom stereocenters. The lowest BCUT2D eigenvalue weighted by Gasteiger charge is -2.03. The minimum absolute atomic E-state index is 0.0330. The third kappa shape index (κ3) is 2.60. The normalized spacial score (nSPS) is 12.4. The molecule has 0 radical (unpaired) electrons. The first-order chi connectivity index (χ1) is 9.02. The fourth-order valence-electron chi connectivity index (χ4n) is 1.70. The number of aliphatic hydroxyl groups excluding tert-OH is 1. The van der Waals surface area contributed by atoms with Crippen LogP contribution >= 0.6 is 0 Å². The van der Waals surface area contributed by atoms with Crippen LogP contribution in [0.3, 0.4) is 0 Å². The molecule has 0 amide bonds. The van der Waals surface area contributed by atoms with Crippen LogP contribution in [0.4, 0.5) is 5.69 Å². The minimum Gasteiger partial charge on any atom is -0.387 e. The Hall–Kier alpha value is -2.28. The Balaban J connectivity index is 2.39. The van der Waals surface area contributed by atoms with Crippen molar-refractivity contribution in [1.82, 2.24) is 15.0 Å². The first-order valence-corrected chi connectivity index (χ1v) is 5.88. The highest BCUT2D eigenvalue weighted by Gasteiger charge is 2.14. The number of benzene rings is 1. The summed E-state index contributed by atoms with van der Waals surface area (Å²) < 4.78 is 1.42. The van der Waals surface area contributed by atoms with E-state index in [0.29, 0.717) is 23.4 Å². The molecule has 0 bridgehead atoms. The van der Waals surface area contributed by atoms with Gasteiger partial charge >= 0.3 is 0 Å². The van der Waals surface area contributed by atoms with Crippen molar-refractivity contribution in [3.63, 3.8) is 0 Å². The monoisotopic (exact) mass is 262 g/mol. The van der Waals surface area contributed by atoms with E-state index >= 15 is 0 Å². The summed E-state index contributed by atoms with van der Waals surface area (Å²) in [6.45, 7) is 3.51. The van der Waals surface area contributed by atoms with E-state index in [1.165, 1.54) is 10.7 Å². The van der Waals surface area contributed by atoms with E-state index in [4.69, 9.17) is 0 Å². The first kappa shape index (κ1) is 13.2. The molecule has 7 nitrogen and oxygen atoms in total. The molecule has 1 unspecified atom stereocenters. The molecule has 0 spiro atoms. The van der Waals surface area contributed by atoms with Crippen LogP contribution in [0.15, 0.2) is 24.4 Å². The largest absolute Gasteiger partial charge is 0.387 e. The number of aromatic nitrogens is 3. The van der Waals surface area contributed by atoms with Gasteiger partial charge in [0.15, 0.2) is 0 Å². The van der Waals surface area contributed by atoms with Crippen LogP contribution in [0.2, 0.25) is 0 Å². The predicted octanol–water partition coefficient (Wildman–Crippen LogP) is 1.93. The van der Waals surface area contributed by atoms with Crippen LogP contribution < -0.4 is 0 Å². The molecule has 2 rings (SSSR count). The van der Waals surface area contributed by atoms with Gasteiger partial charge in [-0.2, -0.15) is 0 Å². The summed E-state index contributed by atoms with van der Waals surface area (Å²) in [6.07, 6.45) is 1.43. The second-order valence-corrected chi connectivity index (χ2v) is 4.24. The maximum atomic E-state index is 10.9. The highest BCUT2D eigenvalue weighted by Crippen LogP contribution is 2.22. The molecule has 0 aliphatic rings. The van der Waals surface area contributed by atoms with Gasteiger partial charge in [-0.05, 0) is 19.4 Å². The Bertz CT molecular complexity index is 609. The maximum Gasteiger partial charge on any atom is 0.274 e. The van der Waals surface area contributed by atoms with E-state index in [1.54, 1.807) is 25.3 Å². The van der Waals surface area contributed by atoms with E-state index in [0.717, 1.165) is 0 Å². The molecular weight excluding hydrogens is 248 g/mol. The maximum absolute atomic E-state index is 10.9. The Morgan fingerprint density at radius 3 is 2.89 bits per heavy atom. The van der Waals surface area contributed by atoms with Crippen molar-refractivity contribution in [1.29, 1.82) is 0 Å². The Labute approximate surface area is 109 Å². The van der Waals surface area contributed by atoms with Gasteiger partial charge in [0.25, 0.3) is 5.69 Å². The highest BCUT2D eigenvalue weighted by atomic mass is 16.6. The molecule has 1 aromatic heterocycles. The van der Waals surface area contributed by atoms with Crippen LogP contribution in [0.1, 0.15) is 30.7 Å². The summed E-state index contributed by atoms with van der Waals surface area (Å²) in [4.78, 5) is 10.5. The Morgan fingerprint density at radius 1 is 1.53 bits per heavy atom. The topological polar surface area (TPSA) is 94.1 Å². The zero-order chi connectivity index (χ0) is 14.0. The molecule has 1 N–H and O–H groups in total. The molecule has 1 heterocycles. The molecule has 0 saturated carbocycles. The number of nitro benzene ring substituents is 1. The van der Waals surface area contributed by atoms with Gasteiger partial charge in [-0.15, -0.1) is 5.10 Å². The fraction of sp³-hybridized carbons (Fsp3) is 0.333. The number of aryl methyl sites for hydroxylation is 1. The van der Waals surface area contributed by atoms with E-state index in [2.05, 4.69) is 10.3 Å². The van der Waals surface area contributed by atoms with Crippen LogP contribution in [0.25, 0.3) is 5.69 Å². The van der Waals surface area contributed by atoms with Gasteiger partial charge in [-0.3, -0.25) is 10.1 Å². The number of aliphatic hydroxyl groups is 1. The molecule has 100 valence electrons. The molecular formula is C12H14N4O3. The molecule has 0 saturated heterocycles. The smallest absolute Gasteiger partial charge is 0.274 e. The molecule has 0 aliphatic heterocycles. The van der Waals surface area contributed by atoms with Crippen LogP contribution in [0.5, 0.6) is 0 Å². The van der Waals surface area contributed by atoms with Crippen molar-refractivity contribution in [2.24, 2.45) is 0 Å². The van der Waals surface area contributed by atoms with Crippen LogP contribution in [0, 0.1) is 17.0 Å². The van der Waals surface area contributed by atoms with Crippen molar-refractivity contribution >= 4 is 5.69 Å². The second-order valence-electron chi connectivity index (χ2n) is 4.24. The van der Waals surface area contributed by atoms with Gasteiger partial charge < -0.3 is 5.11 Å². The second kappa shape index (κ2) is 5.15. The number of rotatable bonds is 4. The number of nitrogens with zero attached hydrogens (tertiary/aromatic N) is 4. The third-order valence-corrected chi connectivity index (χ3v) is 2.89. The number of hydrogen-bond donors (Lipinski definition) is 1. The minimum atomic E-state index is -0.672. The fourth-order valence-corrected chi connectivity index (χ4v) is 1.70. The van der Waals surface area contributed by atoms with Gasteiger partial charge in [0, 0.05) is 11.6 Å². The molecule has 2 aromatic rings. The van der Waals surface area contributed by atoms with Gasteiger partial charge in [0.2, 0.25) is 0 Å². The van der Waals surface area contributed by atoms with Crippen molar-refractivity contribution in [3.05, 3.63) is 45.8 Å². The standard InChI is InChI=1S/C12H14N4O3/c1-3-12(17)10-7-15(14-13-10)9-5-4-8(2)11(6-9)16(18)19/h4-7,12,17H,3H2,1-2H3. The number of hydrogen-bond acceptors (Lipinski definition) is 5. The summed E-state index contributed by atoms with van der Waals surface area (Å²) in [6, 6.07) is 4.82. The lowest BCUT2D eigenvalue weighted by Crippen LogP contribution is -1.98. The van der Waals surface area contributed by atoms with Gasteiger partial charge in [-0.25, -0.2) is 4.68 Å². The van der Waals surface area contributed by atoms with E-state index in [-0.39, 0.29) is 5.69 Å². The average Bonchev–Trinajstić information content (AvgIpc) is 2.87. The van der Waals surface area contributed by atoms with Crippen molar-refractivity contribution in [3.8, 4) is 5.69 Å². The summed E-state index contributed by atoms with van der Waals surface area (Å²) in [5.74, 6) is 0. The summed E-state index contributed by atoms with van der Waals surface area (Å²) in [5.41, 5.74) is 1.61. The predicted molar refractivity (Wildman–Crippen MR) is 68.0 cm³/mol. The van der Waals surface area contributed by atoms with Gasteiger partial charge in [0.05, 0.1) is 22.9 Å². The molecule has 19 heavy (non-hydrogen) atoms. The molecule has 7 heteroatoms. The lowest BCUT2D eigenvalue weighted by molar-refractivity contribution is -0.385. The number of nitro groups is 1. The van der Waals surface area contributed by atoms with Gasteiger partial charge in [0.1, 0.15) is 5.69 Å². The first-order valence-electron chi connectivity index (χ1n) is 5.88.